The van der Waals surface area contributed by atoms with Gasteiger partial charge in [-0.05, 0) is 18.6 Å². The summed E-state index contributed by atoms with van der Waals surface area (Å²) in [4.78, 5) is 4.93. The molecule has 0 bridgehead atoms. The zero-order valence-electron chi connectivity index (χ0n) is 12.5. The van der Waals surface area contributed by atoms with Crippen LogP contribution in [0.1, 0.15) is 17.4 Å². The molecule has 2 heterocycles. The van der Waals surface area contributed by atoms with Gasteiger partial charge in [0.05, 0.1) is 24.4 Å². The van der Waals surface area contributed by atoms with Gasteiger partial charge in [-0.1, -0.05) is 48.5 Å². The Hall–Kier alpha value is -2.23. The van der Waals surface area contributed by atoms with Crippen LogP contribution >= 0.6 is 0 Å². The Bertz CT molecular complexity index is 808. The van der Waals surface area contributed by atoms with E-state index in [1.807, 2.05) is 18.2 Å². The number of para-hydroxylation sites is 1. The Morgan fingerprint density at radius 1 is 0.955 bits per heavy atom. The Labute approximate surface area is 129 Å². The molecule has 1 fully saturated rings. The topological polar surface area (TPSA) is 31.4 Å². The Kier molecular flexibility index (Phi) is 3.37. The number of aromatic nitrogens is 1. The van der Waals surface area contributed by atoms with Gasteiger partial charge in [0.2, 0.25) is 0 Å². The number of hydrogen-bond donors (Lipinski definition) is 0. The minimum absolute atomic E-state index is 0.326. The number of pyridine rings is 1. The summed E-state index contributed by atoms with van der Waals surface area (Å²) >= 11 is 0. The number of fused-ring (bicyclic) bond motifs is 1. The van der Waals surface area contributed by atoms with Crippen LogP contribution in [0.4, 0.5) is 0 Å². The first kappa shape index (κ1) is 13.4. The molecule has 0 N–H and O–H groups in total. The van der Waals surface area contributed by atoms with Gasteiger partial charge in [0.1, 0.15) is 0 Å². The molecule has 1 aromatic heterocycles. The van der Waals surface area contributed by atoms with Gasteiger partial charge in [0, 0.05) is 16.5 Å². The van der Waals surface area contributed by atoms with Crippen LogP contribution < -0.4 is 0 Å². The highest BCUT2D eigenvalue weighted by molar-refractivity contribution is 5.86. The van der Waals surface area contributed by atoms with Crippen LogP contribution in [-0.4, -0.2) is 18.2 Å². The first-order valence-corrected chi connectivity index (χ1v) is 7.52. The summed E-state index contributed by atoms with van der Waals surface area (Å²) in [5.41, 5.74) is 5.23. The van der Waals surface area contributed by atoms with Crippen molar-refractivity contribution in [1.82, 2.24) is 4.98 Å². The lowest BCUT2D eigenvalue weighted by Gasteiger charge is -2.16. The molecular formula is C19H17NO2. The zero-order chi connectivity index (χ0) is 14.9. The largest absolute Gasteiger partial charge is 0.346 e. The molecule has 0 unspecified atom stereocenters. The summed E-state index contributed by atoms with van der Waals surface area (Å²) in [6.07, 6.45) is -0.326. The van der Waals surface area contributed by atoms with E-state index in [0.29, 0.717) is 13.2 Å². The average Bonchev–Trinajstić information content (AvgIpc) is 3.09. The molecule has 3 nitrogen and oxygen atoms in total. The van der Waals surface area contributed by atoms with Crippen molar-refractivity contribution in [3.63, 3.8) is 0 Å². The molecule has 3 heteroatoms. The molecule has 0 aliphatic carbocycles. The minimum atomic E-state index is -0.326. The quantitative estimate of drug-likeness (QED) is 0.707. The van der Waals surface area contributed by atoms with Crippen LogP contribution in [-0.2, 0) is 9.47 Å². The number of rotatable bonds is 2. The molecule has 0 saturated carbocycles. The Balaban J connectivity index is 1.98. The molecule has 0 radical (unpaired) electrons. The number of hydrogen-bond acceptors (Lipinski definition) is 3. The van der Waals surface area contributed by atoms with E-state index in [4.69, 9.17) is 14.5 Å². The van der Waals surface area contributed by atoms with Crippen molar-refractivity contribution in [2.24, 2.45) is 0 Å². The second kappa shape index (κ2) is 5.52. The summed E-state index contributed by atoms with van der Waals surface area (Å²) in [6.45, 7) is 3.35. The highest BCUT2D eigenvalue weighted by Gasteiger charge is 2.23. The zero-order valence-corrected chi connectivity index (χ0v) is 12.5. The highest BCUT2D eigenvalue weighted by atomic mass is 16.7. The predicted octanol–water partition coefficient (Wildman–Crippen LogP) is 4.26. The number of ether oxygens (including phenoxy) is 2. The van der Waals surface area contributed by atoms with Crippen LogP contribution in [0.15, 0.2) is 54.6 Å². The van der Waals surface area contributed by atoms with Gasteiger partial charge in [-0.25, -0.2) is 4.98 Å². The lowest BCUT2D eigenvalue weighted by Crippen LogP contribution is -2.03. The van der Waals surface area contributed by atoms with Crippen LogP contribution in [0.3, 0.4) is 0 Å². The maximum atomic E-state index is 5.72. The Morgan fingerprint density at radius 2 is 1.73 bits per heavy atom. The lowest BCUT2D eigenvalue weighted by atomic mass is 10.0. The van der Waals surface area contributed by atoms with Crippen molar-refractivity contribution >= 4 is 10.9 Å². The second-order valence-corrected chi connectivity index (χ2v) is 5.51. The van der Waals surface area contributed by atoms with Gasteiger partial charge in [-0.2, -0.15) is 0 Å². The van der Waals surface area contributed by atoms with E-state index in [-0.39, 0.29) is 6.29 Å². The van der Waals surface area contributed by atoms with Gasteiger partial charge in [0.15, 0.2) is 6.29 Å². The smallest absolute Gasteiger partial charge is 0.186 e. The molecule has 0 amide bonds. The lowest BCUT2D eigenvalue weighted by molar-refractivity contribution is -0.0437. The normalized spacial score (nSPS) is 15.5. The summed E-state index contributed by atoms with van der Waals surface area (Å²) in [7, 11) is 0. The van der Waals surface area contributed by atoms with Gasteiger partial charge < -0.3 is 9.47 Å². The molecule has 110 valence electrons. The fourth-order valence-electron chi connectivity index (χ4n) is 2.91. The third-order valence-electron chi connectivity index (χ3n) is 4.00. The van der Waals surface area contributed by atoms with Crippen molar-refractivity contribution in [1.29, 1.82) is 0 Å². The van der Waals surface area contributed by atoms with Gasteiger partial charge in [-0.3, -0.25) is 0 Å². The summed E-state index contributed by atoms with van der Waals surface area (Å²) < 4.78 is 11.4. The molecule has 1 aliphatic heterocycles. The van der Waals surface area contributed by atoms with Gasteiger partial charge >= 0.3 is 0 Å². The van der Waals surface area contributed by atoms with Crippen molar-refractivity contribution in [2.75, 3.05) is 13.2 Å². The van der Waals surface area contributed by atoms with Crippen molar-refractivity contribution in [2.45, 2.75) is 13.2 Å². The predicted molar refractivity (Wildman–Crippen MR) is 86.6 cm³/mol. The van der Waals surface area contributed by atoms with Gasteiger partial charge in [-0.15, -0.1) is 0 Å². The third-order valence-corrected chi connectivity index (χ3v) is 4.00. The second-order valence-electron chi connectivity index (χ2n) is 5.51. The molecule has 3 aromatic rings. The number of aryl methyl sites for hydroxylation is 1. The Morgan fingerprint density at radius 3 is 2.50 bits per heavy atom. The summed E-state index contributed by atoms with van der Waals surface area (Å²) in [5, 5.41) is 1.12. The van der Waals surface area contributed by atoms with E-state index in [0.717, 1.165) is 27.7 Å². The fourth-order valence-corrected chi connectivity index (χ4v) is 2.91. The van der Waals surface area contributed by atoms with Crippen LogP contribution in [0.2, 0.25) is 0 Å². The summed E-state index contributed by atoms with van der Waals surface area (Å²) in [6, 6.07) is 18.6. The third kappa shape index (κ3) is 2.28. The molecule has 4 rings (SSSR count). The molecular weight excluding hydrogens is 274 g/mol. The van der Waals surface area contributed by atoms with E-state index in [1.165, 1.54) is 5.56 Å². The van der Waals surface area contributed by atoms with Crippen LogP contribution in [0.5, 0.6) is 0 Å². The van der Waals surface area contributed by atoms with Crippen LogP contribution in [0, 0.1) is 6.92 Å². The first-order valence-electron chi connectivity index (χ1n) is 7.52. The molecule has 1 saturated heterocycles. The van der Waals surface area contributed by atoms with Crippen molar-refractivity contribution in [3.8, 4) is 11.3 Å². The maximum absolute atomic E-state index is 5.72. The molecule has 2 aromatic carbocycles. The number of benzene rings is 2. The highest BCUT2D eigenvalue weighted by Crippen LogP contribution is 2.34. The van der Waals surface area contributed by atoms with E-state index in [2.05, 4.69) is 43.3 Å². The maximum Gasteiger partial charge on any atom is 0.186 e. The molecule has 0 atom stereocenters. The molecule has 1 aliphatic rings. The minimum Gasteiger partial charge on any atom is -0.346 e. The first-order chi connectivity index (χ1) is 10.8. The van der Waals surface area contributed by atoms with E-state index in [1.54, 1.807) is 0 Å². The van der Waals surface area contributed by atoms with Crippen molar-refractivity contribution < 1.29 is 9.47 Å². The van der Waals surface area contributed by atoms with E-state index in [9.17, 15) is 0 Å². The van der Waals surface area contributed by atoms with Crippen LogP contribution in [0.25, 0.3) is 22.2 Å². The fraction of sp³-hybridized carbons (Fsp3) is 0.211. The summed E-state index contributed by atoms with van der Waals surface area (Å²) in [5.74, 6) is 0. The average molecular weight is 291 g/mol. The van der Waals surface area contributed by atoms with Gasteiger partial charge in [0.25, 0.3) is 0 Å². The number of nitrogens with zero attached hydrogens (tertiary/aromatic N) is 1. The molecule has 0 spiro atoms. The van der Waals surface area contributed by atoms with E-state index < -0.39 is 0 Å². The van der Waals surface area contributed by atoms with E-state index >= 15 is 0 Å². The standard InChI is InChI=1S/C19H17NO2/c1-13-6-5-9-15-12-16(19-21-10-11-22-19)18(20-17(13)15)14-7-3-2-4-8-14/h2-9,12,19H,10-11H2,1H3. The molecule has 22 heavy (non-hydrogen) atoms. The monoisotopic (exact) mass is 291 g/mol. The van der Waals surface area contributed by atoms with Crippen molar-refractivity contribution in [3.05, 3.63) is 65.7 Å². The SMILES string of the molecule is Cc1cccc2cc(C3OCCO3)c(-c3ccccc3)nc12.